The van der Waals surface area contributed by atoms with Crippen molar-refractivity contribution in [1.29, 1.82) is 0 Å². The number of aryl methyl sites for hydroxylation is 2. The zero-order chi connectivity index (χ0) is 19.4. The Morgan fingerprint density at radius 2 is 2.00 bits per heavy atom. The molecule has 1 aliphatic rings. The van der Waals surface area contributed by atoms with Crippen molar-refractivity contribution in [3.05, 3.63) is 16.8 Å². The summed E-state index contributed by atoms with van der Waals surface area (Å²) in [6.07, 6.45) is 5.79. The Kier molecular flexibility index (Phi) is 6.70. The van der Waals surface area contributed by atoms with Gasteiger partial charge in [-0.05, 0) is 51.0 Å². The van der Waals surface area contributed by atoms with Gasteiger partial charge in [-0.25, -0.2) is 9.97 Å². The van der Waals surface area contributed by atoms with Crippen molar-refractivity contribution in [1.82, 2.24) is 15.3 Å². The number of carbonyl (C=O) groups excluding carboxylic acids is 2. The summed E-state index contributed by atoms with van der Waals surface area (Å²) < 4.78 is 5.12. The lowest BCUT2D eigenvalue weighted by atomic mass is 9.87. The topological polar surface area (TPSA) is 81.2 Å². The van der Waals surface area contributed by atoms with Crippen LogP contribution in [0.15, 0.2) is 11.4 Å². The fourth-order valence-corrected chi connectivity index (χ4v) is 5.16. The monoisotopic (exact) mass is 407 g/mol. The van der Waals surface area contributed by atoms with E-state index in [9.17, 15) is 9.59 Å². The molecule has 27 heavy (non-hydrogen) atoms. The van der Waals surface area contributed by atoms with Crippen molar-refractivity contribution < 1.29 is 14.3 Å². The fourth-order valence-electron chi connectivity index (χ4n) is 3.25. The third kappa shape index (κ3) is 5.19. The van der Waals surface area contributed by atoms with Crippen molar-refractivity contribution >= 4 is 45.2 Å². The van der Waals surface area contributed by atoms with Gasteiger partial charge in [0.05, 0.1) is 5.75 Å². The number of ether oxygens (including phenoxy) is 1. The molecule has 2 heterocycles. The molecule has 0 aromatic carbocycles. The summed E-state index contributed by atoms with van der Waals surface area (Å²) in [5.41, 5.74) is 1.15. The number of thioether (sulfide) groups is 1. The maximum atomic E-state index is 12.0. The number of carbonyl (C=O) groups is 2. The summed E-state index contributed by atoms with van der Waals surface area (Å²) >= 11 is 2.95. The third-order valence-corrected chi connectivity index (χ3v) is 7.08. The van der Waals surface area contributed by atoms with Gasteiger partial charge in [-0.15, -0.1) is 11.3 Å². The highest BCUT2D eigenvalue weighted by Crippen LogP contribution is 2.34. The van der Waals surface area contributed by atoms with Gasteiger partial charge in [0.2, 0.25) is 0 Å². The molecule has 1 N–H and O–H groups in total. The van der Waals surface area contributed by atoms with Crippen LogP contribution in [0.25, 0.3) is 10.2 Å². The summed E-state index contributed by atoms with van der Waals surface area (Å²) in [5.74, 6) is 0.219. The van der Waals surface area contributed by atoms with Crippen molar-refractivity contribution in [2.75, 3.05) is 12.4 Å². The Bertz CT molecular complexity index is 829. The molecule has 0 atom stereocenters. The lowest BCUT2D eigenvalue weighted by Gasteiger charge is -2.26. The number of rotatable bonds is 6. The molecular weight excluding hydrogens is 382 g/mol. The molecule has 8 heteroatoms. The second-order valence-corrected chi connectivity index (χ2v) is 9.28. The summed E-state index contributed by atoms with van der Waals surface area (Å²) in [7, 11) is 0. The number of amides is 1. The first kappa shape index (κ1) is 20.1. The SMILES string of the molecule is Cc1sc2ncnc(SCC(=O)OCC(=O)NC3CCC(C)CC3)c2c1C. The van der Waals surface area contributed by atoms with E-state index in [0.717, 1.165) is 52.4 Å². The third-order valence-electron chi connectivity index (χ3n) is 5.00. The average molecular weight is 408 g/mol. The molecule has 2 aromatic heterocycles. The molecule has 6 nitrogen and oxygen atoms in total. The van der Waals surface area contributed by atoms with Crippen LogP contribution in [0.2, 0.25) is 0 Å². The van der Waals surface area contributed by atoms with Gasteiger partial charge in [0.25, 0.3) is 5.91 Å². The summed E-state index contributed by atoms with van der Waals surface area (Å²) in [6.45, 7) is 6.11. The normalized spacial score (nSPS) is 19.8. The number of thiophene rings is 1. The fraction of sp³-hybridized carbons (Fsp3) is 0.579. The van der Waals surface area contributed by atoms with E-state index in [1.807, 2.05) is 6.92 Å². The van der Waals surface area contributed by atoms with Crippen LogP contribution in [0, 0.1) is 19.8 Å². The van der Waals surface area contributed by atoms with Crippen molar-refractivity contribution in [3.63, 3.8) is 0 Å². The number of nitrogens with zero attached hydrogens (tertiary/aromatic N) is 2. The van der Waals surface area contributed by atoms with Crippen molar-refractivity contribution in [2.24, 2.45) is 5.92 Å². The lowest BCUT2D eigenvalue weighted by Crippen LogP contribution is -2.39. The largest absolute Gasteiger partial charge is 0.455 e. The minimum Gasteiger partial charge on any atom is -0.455 e. The Balaban J connectivity index is 1.45. The Labute approximate surface area is 167 Å². The highest BCUT2D eigenvalue weighted by molar-refractivity contribution is 8.00. The maximum absolute atomic E-state index is 12.0. The zero-order valence-electron chi connectivity index (χ0n) is 15.9. The van der Waals surface area contributed by atoms with Gasteiger partial charge in [-0.2, -0.15) is 0 Å². The maximum Gasteiger partial charge on any atom is 0.316 e. The van der Waals surface area contributed by atoms with E-state index in [-0.39, 0.29) is 24.3 Å². The van der Waals surface area contributed by atoms with Crippen LogP contribution in [-0.2, 0) is 14.3 Å². The number of esters is 1. The molecule has 0 bridgehead atoms. The average Bonchev–Trinajstić information content (AvgIpc) is 2.95. The molecular formula is C19H25N3O3S2. The first-order chi connectivity index (χ1) is 12.9. The Morgan fingerprint density at radius 3 is 2.74 bits per heavy atom. The highest BCUT2D eigenvalue weighted by Gasteiger charge is 2.20. The molecule has 0 unspecified atom stereocenters. The van der Waals surface area contributed by atoms with Gasteiger partial charge in [0, 0.05) is 16.3 Å². The Hall–Kier alpha value is -1.67. The van der Waals surface area contributed by atoms with E-state index in [2.05, 4.69) is 29.1 Å². The molecule has 0 saturated heterocycles. The van der Waals surface area contributed by atoms with E-state index in [1.54, 1.807) is 11.3 Å². The number of hydrogen-bond acceptors (Lipinski definition) is 7. The van der Waals surface area contributed by atoms with Gasteiger partial charge in [0.15, 0.2) is 6.61 Å². The smallest absolute Gasteiger partial charge is 0.316 e. The van der Waals surface area contributed by atoms with Gasteiger partial charge < -0.3 is 10.1 Å². The van der Waals surface area contributed by atoms with Crippen LogP contribution in [0.1, 0.15) is 43.0 Å². The number of hydrogen-bond donors (Lipinski definition) is 1. The molecule has 1 amide bonds. The van der Waals surface area contributed by atoms with Crippen molar-refractivity contribution in [2.45, 2.75) is 57.5 Å². The lowest BCUT2D eigenvalue weighted by molar-refractivity contribution is -0.146. The van der Waals surface area contributed by atoms with E-state index >= 15 is 0 Å². The quantitative estimate of drug-likeness (QED) is 0.447. The first-order valence-electron chi connectivity index (χ1n) is 9.22. The number of fused-ring (bicyclic) bond motifs is 1. The molecule has 146 valence electrons. The van der Waals surface area contributed by atoms with Gasteiger partial charge >= 0.3 is 5.97 Å². The summed E-state index contributed by atoms with van der Waals surface area (Å²) in [4.78, 5) is 34.7. The Morgan fingerprint density at radius 1 is 1.26 bits per heavy atom. The number of nitrogens with one attached hydrogen (secondary N) is 1. The van der Waals surface area contributed by atoms with Gasteiger partial charge in [-0.3, -0.25) is 9.59 Å². The van der Waals surface area contributed by atoms with Gasteiger partial charge in [-0.1, -0.05) is 18.7 Å². The minimum absolute atomic E-state index is 0.120. The van der Waals surface area contributed by atoms with Crippen LogP contribution in [0.4, 0.5) is 0 Å². The molecule has 1 aliphatic carbocycles. The van der Waals surface area contributed by atoms with Crippen LogP contribution >= 0.6 is 23.1 Å². The molecule has 1 fully saturated rings. The predicted octanol–water partition coefficient (Wildman–Crippen LogP) is 3.64. The van der Waals surface area contributed by atoms with E-state index < -0.39 is 5.97 Å². The second-order valence-electron chi connectivity index (χ2n) is 7.12. The molecule has 3 rings (SSSR count). The highest BCUT2D eigenvalue weighted by atomic mass is 32.2. The molecule has 0 radical (unpaired) electrons. The molecule has 0 aliphatic heterocycles. The zero-order valence-corrected chi connectivity index (χ0v) is 17.5. The van der Waals surface area contributed by atoms with Crippen LogP contribution in [0.5, 0.6) is 0 Å². The van der Waals surface area contributed by atoms with Crippen LogP contribution in [0.3, 0.4) is 0 Å². The second kappa shape index (κ2) is 9.01. The first-order valence-corrected chi connectivity index (χ1v) is 11.0. The van der Waals surface area contributed by atoms with E-state index in [0.29, 0.717) is 0 Å². The molecule has 0 spiro atoms. The van der Waals surface area contributed by atoms with E-state index in [1.165, 1.54) is 23.0 Å². The summed E-state index contributed by atoms with van der Waals surface area (Å²) in [6, 6.07) is 0.209. The van der Waals surface area contributed by atoms with Crippen LogP contribution in [-0.4, -0.2) is 40.2 Å². The van der Waals surface area contributed by atoms with Crippen molar-refractivity contribution in [3.8, 4) is 0 Å². The standard InChI is InChI=1S/C19H25N3O3S2/c1-11-4-6-14(7-5-11)22-15(23)8-25-16(24)9-26-18-17-12(2)13(3)27-19(17)21-10-20-18/h10-11,14H,4-9H2,1-3H3,(H,22,23). The van der Waals surface area contributed by atoms with Crippen LogP contribution < -0.4 is 5.32 Å². The molecule has 1 saturated carbocycles. The molecule has 2 aromatic rings. The summed E-state index contributed by atoms with van der Waals surface area (Å²) in [5, 5.41) is 4.74. The number of aromatic nitrogens is 2. The predicted molar refractivity (Wildman–Crippen MR) is 108 cm³/mol. The minimum atomic E-state index is -0.413. The van der Waals surface area contributed by atoms with Gasteiger partial charge in [0.1, 0.15) is 16.2 Å². The van der Waals surface area contributed by atoms with E-state index in [4.69, 9.17) is 4.74 Å².